The fourth-order valence-electron chi connectivity index (χ4n) is 2.25. The third-order valence-electron chi connectivity index (χ3n) is 3.91. The van der Waals surface area contributed by atoms with E-state index in [1.54, 1.807) is 0 Å². The molecular weight excluding hydrogens is 297 g/mol. The first-order valence-corrected chi connectivity index (χ1v) is 7.02. The number of amides is 1. The lowest BCUT2D eigenvalue weighted by Gasteiger charge is -2.29. The molecule has 1 fully saturated rings. The Bertz CT molecular complexity index is 274. The number of hydrogen-bond acceptors (Lipinski definition) is 3. The van der Waals surface area contributed by atoms with Crippen molar-refractivity contribution in [2.45, 2.75) is 46.1 Å². The van der Waals surface area contributed by atoms with Gasteiger partial charge in [0.15, 0.2) is 0 Å². The molecule has 1 aliphatic rings. The minimum Gasteiger partial charge on any atom is -0.355 e. The summed E-state index contributed by atoms with van der Waals surface area (Å²) in [5.41, 5.74) is 5.74. The molecule has 0 unspecified atom stereocenters. The van der Waals surface area contributed by atoms with Crippen LogP contribution in [0.1, 0.15) is 40.0 Å². The van der Waals surface area contributed by atoms with Crippen LogP contribution in [0.15, 0.2) is 0 Å². The van der Waals surface area contributed by atoms with Crippen molar-refractivity contribution < 1.29 is 4.79 Å². The fourth-order valence-corrected chi connectivity index (χ4v) is 2.25. The van der Waals surface area contributed by atoms with Gasteiger partial charge in [-0.3, -0.25) is 4.79 Å². The van der Waals surface area contributed by atoms with Gasteiger partial charge in [0.2, 0.25) is 5.91 Å². The van der Waals surface area contributed by atoms with Crippen molar-refractivity contribution in [3.63, 3.8) is 0 Å². The number of nitrogens with one attached hydrogen (secondary N) is 1. The summed E-state index contributed by atoms with van der Waals surface area (Å²) in [6.45, 7) is 9.11. The molecule has 0 aromatic carbocycles. The van der Waals surface area contributed by atoms with Crippen molar-refractivity contribution in [3.8, 4) is 0 Å². The van der Waals surface area contributed by atoms with Gasteiger partial charge in [0.25, 0.3) is 0 Å². The molecule has 0 radical (unpaired) electrons. The van der Waals surface area contributed by atoms with Crippen molar-refractivity contribution in [1.29, 1.82) is 0 Å². The largest absolute Gasteiger partial charge is 0.355 e. The highest BCUT2D eigenvalue weighted by molar-refractivity contribution is 5.85. The number of carbonyl (C=O) groups excluding carboxylic acids is 1. The lowest BCUT2D eigenvalue weighted by Crippen LogP contribution is -2.49. The Morgan fingerprint density at radius 2 is 1.80 bits per heavy atom. The molecule has 0 saturated carbocycles. The van der Waals surface area contributed by atoms with Crippen LogP contribution < -0.4 is 11.1 Å². The summed E-state index contributed by atoms with van der Waals surface area (Å²) in [4.78, 5) is 14.2. The molecule has 0 bridgehead atoms. The van der Waals surface area contributed by atoms with Gasteiger partial charge >= 0.3 is 0 Å². The second-order valence-electron chi connectivity index (χ2n) is 6.67. The van der Waals surface area contributed by atoms with Crippen LogP contribution >= 0.6 is 24.8 Å². The van der Waals surface area contributed by atoms with Crippen molar-refractivity contribution in [3.05, 3.63) is 0 Å². The number of rotatable bonds is 4. The van der Waals surface area contributed by atoms with Gasteiger partial charge in [-0.15, -0.1) is 24.8 Å². The van der Waals surface area contributed by atoms with Crippen molar-refractivity contribution in [2.75, 3.05) is 26.7 Å². The standard InChI is InChI=1S/C14H29N3O.2ClH/c1-14(2,3)12(15)13(18)16-8-5-11-6-9-17(4)10-7-11;;/h11-12H,5-10,15H2,1-4H3,(H,16,18);2*1H/t12-;;/m1../s1. The molecule has 1 saturated heterocycles. The second-order valence-corrected chi connectivity index (χ2v) is 6.67. The van der Waals surface area contributed by atoms with Crippen molar-refractivity contribution in [2.24, 2.45) is 17.1 Å². The van der Waals surface area contributed by atoms with E-state index in [0.717, 1.165) is 18.9 Å². The molecule has 0 spiro atoms. The Kier molecular flexibility index (Phi) is 10.9. The first kappa shape index (κ1) is 22.3. The van der Waals surface area contributed by atoms with Crippen molar-refractivity contribution >= 4 is 30.7 Å². The van der Waals surface area contributed by atoms with Gasteiger partial charge in [-0.2, -0.15) is 0 Å². The first-order chi connectivity index (χ1) is 8.30. The van der Waals surface area contributed by atoms with E-state index in [1.165, 1.54) is 25.9 Å². The Morgan fingerprint density at radius 3 is 2.25 bits per heavy atom. The molecule has 1 aliphatic heterocycles. The highest BCUT2D eigenvalue weighted by Crippen LogP contribution is 2.19. The van der Waals surface area contributed by atoms with Gasteiger partial charge in [0.05, 0.1) is 6.04 Å². The predicted octanol–water partition coefficient (Wildman–Crippen LogP) is 2.05. The molecule has 1 atom stereocenters. The van der Waals surface area contributed by atoms with E-state index in [1.807, 2.05) is 20.8 Å². The summed E-state index contributed by atoms with van der Waals surface area (Å²) in [7, 11) is 2.17. The summed E-state index contributed by atoms with van der Waals surface area (Å²) in [6.07, 6.45) is 3.58. The zero-order chi connectivity index (χ0) is 13.8. The lowest BCUT2D eigenvalue weighted by molar-refractivity contribution is -0.124. The zero-order valence-electron chi connectivity index (χ0n) is 13.1. The summed E-state index contributed by atoms with van der Waals surface area (Å²) < 4.78 is 0. The molecule has 1 heterocycles. The van der Waals surface area contributed by atoms with Gasteiger partial charge in [0.1, 0.15) is 0 Å². The summed E-state index contributed by atoms with van der Waals surface area (Å²) in [5.74, 6) is 0.739. The minimum absolute atomic E-state index is 0. The normalized spacial score (nSPS) is 18.6. The predicted molar refractivity (Wildman–Crippen MR) is 89.8 cm³/mol. The molecule has 122 valence electrons. The molecule has 4 nitrogen and oxygen atoms in total. The fraction of sp³-hybridized carbons (Fsp3) is 0.929. The first-order valence-electron chi connectivity index (χ1n) is 7.02. The van der Waals surface area contributed by atoms with E-state index < -0.39 is 6.04 Å². The van der Waals surface area contributed by atoms with E-state index in [4.69, 9.17) is 5.73 Å². The quantitative estimate of drug-likeness (QED) is 0.830. The van der Waals surface area contributed by atoms with E-state index >= 15 is 0 Å². The Hall–Kier alpha value is -0.0300. The van der Waals surface area contributed by atoms with Crippen LogP contribution in [-0.2, 0) is 4.79 Å². The Morgan fingerprint density at radius 1 is 1.30 bits per heavy atom. The van der Waals surface area contributed by atoms with E-state index in [9.17, 15) is 4.79 Å². The molecule has 0 aromatic rings. The highest BCUT2D eigenvalue weighted by atomic mass is 35.5. The number of halogens is 2. The van der Waals surface area contributed by atoms with Crippen molar-refractivity contribution in [1.82, 2.24) is 10.2 Å². The molecule has 0 aliphatic carbocycles. The molecule has 20 heavy (non-hydrogen) atoms. The Labute approximate surface area is 136 Å². The van der Waals surface area contributed by atoms with Crippen LogP contribution in [0.5, 0.6) is 0 Å². The molecule has 1 amide bonds. The number of piperidine rings is 1. The summed E-state index contributed by atoms with van der Waals surface area (Å²) in [5, 5.41) is 2.97. The van der Waals surface area contributed by atoms with E-state index in [0.29, 0.717) is 0 Å². The third kappa shape index (κ3) is 7.67. The number of hydrogen-bond donors (Lipinski definition) is 2. The average molecular weight is 328 g/mol. The van der Waals surface area contributed by atoms with Gasteiger partial charge in [-0.1, -0.05) is 20.8 Å². The lowest BCUT2D eigenvalue weighted by atomic mass is 9.87. The van der Waals surface area contributed by atoms with Crippen LogP contribution in [0.2, 0.25) is 0 Å². The zero-order valence-corrected chi connectivity index (χ0v) is 14.8. The number of nitrogens with zero attached hydrogens (tertiary/aromatic N) is 1. The smallest absolute Gasteiger partial charge is 0.237 e. The number of nitrogens with two attached hydrogens (primary N) is 1. The van der Waals surface area contributed by atoms with Gasteiger partial charge in [0, 0.05) is 6.54 Å². The molecule has 1 rings (SSSR count). The van der Waals surface area contributed by atoms with E-state index in [2.05, 4.69) is 17.3 Å². The number of likely N-dealkylation sites (tertiary alicyclic amines) is 1. The molecule has 6 heteroatoms. The van der Waals surface area contributed by atoms with Crippen LogP contribution in [0, 0.1) is 11.3 Å². The second kappa shape index (κ2) is 9.82. The maximum Gasteiger partial charge on any atom is 0.237 e. The Balaban J connectivity index is 0. The number of carbonyl (C=O) groups is 1. The average Bonchev–Trinajstić information content (AvgIpc) is 2.29. The SMILES string of the molecule is CN1CCC(CCNC(=O)[C@@H](N)C(C)(C)C)CC1.Cl.Cl. The molecule has 0 aromatic heterocycles. The van der Waals surface area contributed by atoms with Crippen LogP contribution in [0.4, 0.5) is 0 Å². The molecular formula is C14H31Cl2N3O. The van der Waals surface area contributed by atoms with Gasteiger partial charge in [-0.05, 0) is 50.7 Å². The van der Waals surface area contributed by atoms with Crippen LogP contribution in [0.25, 0.3) is 0 Å². The van der Waals surface area contributed by atoms with Gasteiger partial charge < -0.3 is 16.0 Å². The van der Waals surface area contributed by atoms with Crippen LogP contribution in [-0.4, -0.2) is 43.5 Å². The third-order valence-corrected chi connectivity index (χ3v) is 3.91. The van der Waals surface area contributed by atoms with E-state index in [-0.39, 0.29) is 36.1 Å². The topological polar surface area (TPSA) is 58.4 Å². The highest BCUT2D eigenvalue weighted by Gasteiger charge is 2.27. The summed E-state index contributed by atoms with van der Waals surface area (Å²) >= 11 is 0. The summed E-state index contributed by atoms with van der Waals surface area (Å²) in [6, 6.07) is -0.421. The maximum atomic E-state index is 11.8. The maximum absolute atomic E-state index is 11.8. The van der Waals surface area contributed by atoms with Crippen LogP contribution in [0.3, 0.4) is 0 Å². The monoisotopic (exact) mass is 327 g/mol. The molecule has 3 N–H and O–H groups in total. The van der Waals surface area contributed by atoms with Gasteiger partial charge in [-0.25, -0.2) is 0 Å². The minimum atomic E-state index is -0.421.